The number of halogens is 1. The summed E-state index contributed by atoms with van der Waals surface area (Å²) in [6.07, 6.45) is 8.78. The molecule has 0 spiro atoms. The molecule has 0 aliphatic heterocycles. The number of thiophene rings is 1. The Hall–Kier alpha value is -4.00. The zero-order chi connectivity index (χ0) is 41.8. The van der Waals surface area contributed by atoms with Crippen LogP contribution in [0, 0.1) is 5.92 Å². The summed E-state index contributed by atoms with van der Waals surface area (Å²) in [6.45, 7) is 4.59. The van der Waals surface area contributed by atoms with Crippen molar-refractivity contribution in [1.82, 2.24) is 19.4 Å². The average molecular weight is 870 g/mol. The standard InChI is InChI=1S/C42H52ClN5O9S2/c1-2-48(34-14-10-29(11-15-34)40(51)44-18-20-55-22-24-57-25-23-56-21-19-49)59(53,54)35-7-5-6-30(26-35)41(52)46-42-38(36-8-3-4-9-37(36)58-42)39(50)31-27-45-47(28-31)33-16-12-32(43)13-17-33/h5-7,12-13,16-17,26-29,34,49H,2-4,8-11,14-15,18-25H2,1H3,(H,44,51)(H,46,52). The van der Waals surface area contributed by atoms with Crippen molar-refractivity contribution in [2.75, 3.05) is 64.7 Å². The molecule has 1 fully saturated rings. The van der Waals surface area contributed by atoms with Crippen molar-refractivity contribution in [2.45, 2.75) is 69.2 Å². The van der Waals surface area contributed by atoms with E-state index in [0.29, 0.717) is 86.4 Å². The monoisotopic (exact) mass is 869 g/mol. The second-order valence-electron chi connectivity index (χ2n) is 14.4. The van der Waals surface area contributed by atoms with E-state index >= 15 is 0 Å². The van der Waals surface area contributed by atoms with E-state index in [9.17, 15) is 22.8 Å². The molecule has 2 heterocycles. The second kappa shape index (κ2) is 21.5. The molecule has 59 heavy (non-hydrogen) atoms. The highest BCUT2D eigenvalue weighted by Crippen LogP contribution is 2.40. The number of fused-ring (bicyclic) bond motifs is 1. The Labute approximate surface area is 354 Å². The fourth-order valence-electron chi connectivity index (χ4n) is 7.57. The lowest BCUT2D eigenvalue weighted by Crippen LogP contribution is -2.44. The van der Waals surface area contributed by atoms with Gasteiger partial charge in [-0.3, -0.25) is 14.4 Å². The Balaban J connectivity index is 1.05. The third-order valence-corrected chi connectivity index (χ3v) is 14.1. The normalized spacial score (nSPS) is 16.8. The predicted molar refractivity (Wildman–Crippen MR) is 225 cm³/mol. The number of ether oxygens (including phenoxy) is 3. The topological polar surface area (TPSA) is 178 Å². The number of hydrogen-bond acceptors (Lipinski definition) is 11. The Morgan fingerprint density at radius 3 is 2.34 bits per heavy atom. The number of nitrogens with one attached hydrogen (secondary N) is 2. The van der Waals surface area contributed by atoms with Gasteiger partial charge in [0.05, 0.1) is 74.2 Å². The molecule has 0 radical (unpaired) electrons. The molecule has 2 aromatic heterocycles. The van der Waals surface area contributed by atoms with E-state index in [2.05, 4.69) is 15.7 Å². The van der Waals surface area contributed by atoms with Gasteiger partial charge in [0, 0.05) is 46.7 Å². The van der Waals surface area contributed by atoms with Gasteiger partial charge in [-0.1, -0.05) is 24.6 Å². The maximum atomic E-state index is 14.1. The van der Waals surface area contributed by atoms with Gasteiger partial charge in [0.15, 0.2) is 5.78 Å². The lowest BCUT2D eigenvalue weighted by atomic mass is 9.85. The highest BCUT2D eigenvalue weighted by molar-refractivity contribution is 7.89. The highest BCUT2D eigenvalue weighted by Gasteiger charge is 2.35. The number of carbonyl (C=O) groups is 3. The number of aromatic nitrogens is 2. The van der Waals surface area contributed by atoms with Crippen LogP contribution >= 0.6 is 22.9 Å². The van der Waals surface area contributed by atoms with Crippen LogP contribution < -0.4 is 10.6 Å². The van der Waals surface area contributed by atoms with Gasteiger partial charge in [-0.25, -0.2) is 13.1 Å². The van der Waals surface area contributed by atoms with Crippen molar-refractivity contribution in [3.8, 4) is 5.69 Å². The van der Waals surface area contributed by atoms with E-state index in [1.807, 2.05) is 12.1 Å². The van der Waals surface area contributed by atoms with Gasteiger partial charge in [0.25, 0.3) is 5.91 Å². The van der Waals surface area contributed by atoms with Crippen molar-refractivity contribution >= 4 is 55.6 Å². The molecule has 0 saturated heterocycles. The molecular formula is C42H52ClN5O9S2. The van der Waals surface area contributed by atoms with Gasteiger partial charge in [-0.15, -0.1) is 11.3 Å². The van der Waals surface area contributed by atoms with Crippen LogP contribution in [-0.4, -0.2) is 111 Å². The van der Waals surface area contributed by atoms with Crippen LogP contribution in [0.3, 0.4) is 0 Å². The first-order chi connectivity index (χ1) is 28.6. The van der Waals surface area contributed by atoms with Gasteiger partial charge in [-0.05, 0) is 99.4 Å². The van der Waals surface area contributed by atoms with Crippen molar-refractivity contribution in [2.24, 2.45) is 5.92 Å². The first kappa shape index (κ1) is 44.5. The van der Waals surface area contributed by atoms with Crippen LogP contribution in [-0.2, 0) is 41.9 Å². The Bertz CT molecular complexity index is 2150. The minimum atomic E-state index is -3.99. The maximum Gasteiger partial charge on any atom is 0.256 e. The number of nitrogens with zero attached hydrogens (tertiary/aromatic N) is 3. The van der Waals surface area contributed by atoms with Gasteiger partial charge in [0.1, 0.15) is 5.00 Å². The molecule has 2 aliphatic carbocycles. The highest BCUT2D eigenvalue weighted by atomic mass is 35.5. The van der Waals surface area contributed by atoms with Crippen molar-refractivity contribution in [3.05, 3.63) is 93.1 Å². The van der Waals surface area contributed by atoms with Crippen molar-refractivity contribution in [1.29, 1.82) is 0 Å². The van der Waals surface area contributed by atoms with Crippen LogP contribution in [0.15, 0.2) is 65.8 Å². The molecular weight excluding hydrogens is 818 g/mol. The molecule has 17 heteroatoms. The molecule has 0 unspecified atom stereocenters. The van der Waals surface area contributed by atoms with Crippen LogP contribution in [0.4, 0.5) is 5.00 Å². The molecule has 2 aromatic carbocycles. The van der Waals surface area contributed by atoms with Crippen LogP contribution in [0.2, 0.25) is 5.02 Å². The molecule has 0 atom stereocenters. The SMILES string of the molecule is CCN(C1CCC(C(=O)NCCOCCOCCOCCO)CC1)S(=O)(=O)c1cccc(C(=O)Nc2sc3c(c2C(=O)c2cnn(-c4ccc(Cl)cc4)c2)CCCC3)c1. The largest absolute Gasteiger partial charge is 0.394 e. The fourth-order valence-corrected chi connectivity index (χ4v) is 10.7. The average Bonchev–Trinajstić information content (AvgIpc) is 3.89. The first-order valence-corrected chi connectivity index (χ1v) is 22.8. The number of aliphatic hydroxyl groups is 1. The summed E-state index contributed by atoms with van der Waals surface area (Å²) in [6, 6.07) is 12.8. The molecule has 0 bridgehead atoms. The summed E-state index contributed by atoms with van der Waals surface area (Å²) in [5.74, 6) is -1.05. The number of hydrogen-bond donors (Lipinski definition) is 3. The van der Waals surface area contributed by atoms with Gasteiger partial charge in [0.2, 0.25) is 15.9 Å². The molecule has 2 amide bonds. The first-order valence-electron chi connectivity index (χ1n) is 20.2. The summed E-state index contributed by atoms with van der Waals surface area (Å²) >= 11 is 7.45. The van der Waals surface area contributed by atoms with Gasteiger partial charge < -0.3 is 30.0 Å². The molecule has 4 aromatic rings. The summed E-state index contributed by atoms with van der Waals surface area (Å²) in [5.41, 5.74) is 2.67. The summed E-state index contributed by atoms with van der Waals surface area (Å²) in [7, 11) is -3.99. The zero-order valence-electron chi connectivity index (χ0n) is 33.2. The summed E-state index contributed by atoms with van der Waals surface area (Å²) in [4.78, 5) is 41.9. The van der Waals surface area contributed by atoms with Crippen molar-refractivity contribution < 1.29 is 42.1 Å². The van der Waals surface area contributed by atoms with E-state index < -0.39 is 15.9 Å². The molecule has 1 saturated carbocycles. The predicted octanol–water partition coefficient (Wildman–Crippen LogP) is 5.68. The number of benzene rings is 2. The molecule has 2 aliphatic rings. The van der Waals surface area contributed by atoms with Crippen LogP contribution in [0.5, 0.6) is 0 Å². The molecule has 14 nitrogen and oxygen atoms in total. The zero-order valence-corrected chi connectivity index (χ0v) is 35.6. The minimum absolute atomic E-state index is 0.00341. The van der Waals surface area contributed by atoms with E-state index in [1.54, 1.807) is 42.1 Å². The van der Waals surface area contributed by atoms with E-state index in [4.69, 9.17) is 30.9 Å². The Morgan fingerprint density at radius 2 is 1.63 bits per heavy atom. The smallest absolute Gasteiger partial charge is 0.256 e. The Morgan fingerprint density at radius 1 is 0.932 bits per heavy atom. The van der Waals surface area contributed by atoms with E-state index in [-0.39, 0.29) is 53.9 Å². The maximum absolute atomic E-state index is 14.1. The number of amides is 2. The number of sulfonamides is 1. The number of aliphatic hydroxyl groups excluding tert-OH is 1. The lowest BCUT2D eigenvalue weighted by molar-refractivity contribution is -0.126. The lowest BCUT2D eigenvalue weighted by Gasteiger charge is -2.35. The number of aryl methyl sites for hydroxylation is 1. The van der Waals surface area contributed by atoms with Gasteiger partial charge in [-0.2, -0.15) is 9.40 Å². The second-order valence-corrected chi connectivity index (χ2v) is 17.9. The van der Waals surface area contributed by atoms with Gasteiger partial charge >= 0.3 is 0 Å². The van der Waals surface area contributed by atoms with E-state index in [1.165, 1.54) is 34.0 Å². The summed E-state index contributed by atoms with van der Waals surface area (Å²) in [5, 5.41) is 20.0. The summed E-state index contributed by atoms with van der Waals surface area (Å²) < 4.78 is 47.3. The Kier molecular flexibility index (Phi) is 16.2. The molecule has 6 rings (SSSR count). The third-order valence-electron chi connectivity index (χ3n) is 10.6. The third kappa shape index (κ3) is 11.4. The fraction of sp³-hybridized carbons (Fsp3) is 0.476. The molecule has 3 N–H and O–H groups in total. The number of carbonyl (C=O) groups excluding carboxylic acids is 3. The number of anilines is 1. The quantitative estimate of drug-likeness (QED) is 0.0698. The number of rotatable bonds is 21. The number of ketones is 1. The van der Waals surface area contributed by atoms with Crippen LogP contribution in [0.1, 0.15) is 82.2 Å². The van der Waals surface area contributed by atoms with Crippen LogP contribution in [0.25, 0.3) is 5.69 Å². The van der Waals surface area contributed by atoms with E-state index in [0.717, 1.165) is 41.8 Å². The minimum Gasteiger partial charge on any atom is -0.394 e. The van der Waals surface area contributed by atoms with Crippen molar-refractivity contribution in [3.63, 3.8) is 0 Å². The molecule has 318 valence electrons.